The van der Waals surface area contributed by atoms with Gasteiger partial charge in [0.05, 0.1) is 6.10 Å². The molecule has 1 aliphatic carbocycles. The lowest BCUT2D eigenvalue weighted by Crippen LogP contribution is -2.34. The van der Waals surface area contributed by atoms with E-state index in [0.29, 0.717) is 12.5 Å². The molecular weight excluding hydrogens is 226 g/mol. The van der Waals surface area contributed by atoms with Crippen LogP contribution in [0.25, 0.3) is 0 Å². The molecule has 1 aliphatic rings. The minimum atomic E-state index is -0.284. The van der Waals surface area contributed by atoms with Crippen LogP contribution in [0.4, 0.5) is 0 Å². The maximum absolute atomic E-state index is 11.9. The zero-order valence-corrected chi connectivity index (χ0v) is 12.1. The van der Waals surface area contributed by atoms with E-state index >= 15 is 0 Å². The highest BCUT2D eigenvalue weighted by Crippen LogP contribution is 2.30. The van der Waals surface area contributed by atoms with Crippen LogP contribution in [0, 0.1) is 17.8 Å². The fourth-order valence-electron chi connectivity index (χ4n) is 2.97. The summed E-state index contributed by atoms with van der Waals surface area (Å²) < 4.78 is 0. The van der Waals surface area contributed by atoms with Crippen LogP contribution >= 0.6 is 0 Å². The van der Waals surface area contributed by atoms with Gasteiger partial charge < -0.3 is 10.4 Å². The molecule has 0 radical (unpaired) electrons. The van der Waals surface area contributed by atoms with Crippen molar-refractivity contribution in [1.29, 1.82) is 0 Å². The van der Waals surface area contributed by atoms with Gasteiger partial charge in [0.25, 0.3) is 0 Å². The SMILES string of the molecule is CC(O)CC(C)CNC(=O)C(C)CC1CCCC1. The van der Waals surface area contributed by atoms with Gasteiger partial charge in [-0.25, -0.2) is 0 Å². The summed E-state index contributed by atoms with van der Waals surface area (Å²) in [5.41, 5.74) is 0. The van der Waals surface area contributed by atoms with Crippen LogP contribution in [-0.2, 0) is 4.79 Å². The normalized spacial score (nSPS) is 21.6. The smallest absolute Gasteiger partial charge is 0.222 e. The second-order valence-corrected chi connectivity index (χ2v) is 6.22. The summed E-state index contributed by atoms with van der Waals surface area (Å²) in [7, 11) is 0. The number of aliphatic hydroxyl groups excluding tert-OH is 1. The van der Waals surface area contributed by atoms with E-state index in [4.69, 9.17) is 0 Å². The Bertz CT molecular complexity index is 247. The Morgan fingerprint density at radius 1 is 1.28 bits per heavy atom. The standard InChI is InChI=1S/C15H29NO2/c1-11(8-13(3)17)10-16-15(18)12(2)9-14-6-4-5-7-14/h11-14,17H,4-10H2,1-3H3,(H,16,18). The molecule has 0 spiro atoms. The van der Waals surface area contributed by atoms with Gasteiger partial charge in [-0.15, -0.1) is 0 Å². The zero-order chi connectivity index (χ0) is 13.5. The fraction of sp³-hybridized carbons (Fsp3) is 0.933. The van der Waals surface area contributed by atoms with Crippen molar-refractivity contribution in [3.05, 3.63) is 0 Å². The number of hydrogen-bond donors (Lipinski definition) is 2. The number of amides is 1. The Morgan fingerprint density at radius 3 is 2.44 bits per heavy atom. The van der Waals surface area contributed by atoms with Crippen LogP contribution < -0.4 is 5.32 Å². The number of carbonyl (C=O) groups excluding carboxylic acids is 1. The van der Waals surface area contributed by atoms with E-state index in [1.54, 1.807) is 6.92 Å². The summed E-state index contributed by atoms with van der Waals surface area (Å²) in [6, 6.07) is 0. The maximum Gasteiger partial charge on any atom is 0.222 e. The van der Waals surface area contributed by atoms with Gasteiger partial charge in [0.2, 0.25) is 5.91 Å². The largest absolute Gasteiger partial charge is 0.393 e. The van der Waals surface area contributed by atoms with Gasteiger partial charge in [-0.05, 0) is 31.6 Å². The number of hydrogen-bond acceptors (Lipinski definition) is 2. The van der Waals surface area contributed by atoms with Crippen molar-refractivity contribution in [2.45, 2.75) is 65.4 Å². The van der Waals surface area contributed by atoms with Gasteiger partial charge in [-0.1, -0.05) is 39.5 Å². The number of carbonyl (C=O) groups is 1. The minimum Gasteiger partial charge on any atom is -0.393 e. The lowest BCUT2D eigenvalue weighted by atomic mass is 9.94. The van der Waals surface area contributed by atoms with Gasteiger partial charge in [-0.3, -0.25) is 4.79 Å². The van der Waals surface area contributed by atoms with Crippen molar-refractivity contribution in [1.82, 2.24) is 5.32 Å². The molecule has 0 aromatic carbocycles. The first-order chi connectivity index (χ1) is 8.49. The molecule has 3 atom stereocenters. The van der Waals surface area contributed by atoms with Gasteiger partial charge in [0.15, 0.2) is 0 Å². The predicted octanol–water partition coefficient (Wildman–Crippen LogP) is 2.73. The first kappa shape index (κ1) is 15.5. The summed E-state index contributed by atoms with van der Waals surface area (Å²) in [5.74, 6) is 1.42. The Hall–Kier alpha value is -0.570. The van der Waals surface area contributed by atoms with E-state index in [9.17, 15) is 9.90 Å². The van der Waals surface area contributed by atoms with Crippen molar-refractivity contribution in [3.63, 3.8) is 0 Å². The van der Waals surface area contributed by atoms with Crippen molar-refractivity contribution in [2.24, 2.45) is 17.8 Å². The quantitative estimate of drug-likeness (QED) is 0.735. The molecule has 1 saturated carbocycles. The Balaban J connectivity index is 2.18. The molecule has 1 fully saturated rings. The van der Waals surface area contributed by atoms with E-state index in [-0.39, 0.29) is 17.9 Å². The molecule has 3 nitrogen and oxygen atoms in total. The lowest BCUT2D eigenvalue weighted by Gasteiger charge is -2.18. The summed E-state index contributed by atoms with van der Waals surface area (Å²) in [5, 5.41) is 12.3. The molecule has 3 heteroatoms. The van der Waals surface area contributed by atoms with Crippen LogP contribution in [0.5, 0.6) is 0 Å². The monoisotopic (exact) mass is 255 g/mol. The number of rotatable bonds is 7. The molecule has 0 aromatic heterocycles. The molecule has 3 unspecified atom stereocenters. The van der Waals surface area contributed by atoms with Gasteiger partial charge in [0.1, 0.15) is 0 Å². The molecule has 0 bridgehead atoms. The fourth-order valence-corrected chi connectivity index (χ4v) is 2.97. The lowest BCUT2D eigenvalue weighted by molar-refractivity contribution is -0.125. The molecule has 0 aromatic rings. The van der Waals surface area contributed by atoms with Gasteiger partial charge >= 0.3 is 0 Å². The molecular formula is C15H29NO2. The van der Waals surface area contributed by atoms with Crippen molar-refractivity contribution in [3.8, 4) is 0 Å². The Morgan fingerprint density at radius 2 is 1.89 bits per heavy atom. The summed E-state index contributed by atoms with van der Waals surface area (Å²) in [6.45, 7) is 6.57. The highest BCUT2D eigenvalue weighted by molar-refractivity contribution is 5.78. The number of nitrogens with one attached hydrogen (secondary N) is 1. The van der Waals surface area contributed by atoms with E-state index < -0.39 is 0 Å². The summed E-state index contributed by atoms with van der Waals surface area (Å²) in [4.78, 5) is 11.9. The molecule has 0 aliphatic heterocycles. The molecule has 0 heterocycles. The third-order valence-electron chi connectivity index (χ3n) is 3.98. The van der Waals surface area contributed by atoms with Crippen molar-refractivity contribution < 1.29 is 9.90 Å². The van der Waals surface area contributed by atoms with Crippen LogP contribution in [0.3, 0.4) is 0 Å². The highest BCUT2D eigenvalue weighted by atomic mass is 16.3. The van der Waals surface area contributed by atoms with Gasteiger partial charge in [0, 0.05) is 12.5 Å². The van der Waals surface area contributed by atoms with Crippen molar-refractivity contribution in [2.75, 3.05) is 6.54 Å². The highest BCUT2D eigenvalue weighted by Gasteiger charge is 2.21. The van der Waals surface area contributed by atoms with E-state index in [0.717, 1.165) is 18.8 Å². The second-order valence-electron chi connectivity index (χ2n) is 6.22. The molecule has 106 valence electrons. The third-order valence-corrected chi connectivity index (χ3v) is 3.98. The Kier molecular flexibility index (Phi) is 6.69. The third kappa shape index (κ3) is 5.85. The molecule has 0 saturated heterocycles. The van der Waals surface area contributed by atoms with Crippen LogP contribution in [0.15, 0.2) is 0 Å². The van der Waals surface area contributed by atoms with Crippen LogP contribution in [0.1, 0.15) is 59.3 Å². The average Bonchev–Trinajstić information content (AvgIpc) is 2.77. The van der Waals surface area contributed by atoms with E-state index in [1.165, 1.54) is 25.7 Å². The average molecular weight is 255 g/mol. The van der Waals surface area contributed by atoms with Gasteiger partial charge in [-0.2, -0.15) is 0 Å². The second kappa shape index (κ2) is 7.78. The van der Waals surface area contributed by atoms with E-state index in [2.05, 4.69) is 12.2 Å². The van der Waals surface area contributed by atoms with Crippen LogP contribution in [0.2, 0.25) is 0 Å². The maximum atomic E-state index is 11.9. The number of aliphatic hydroxyl groups is 1. The molecule has 1 amide bonds. The minimum absolute atomic E-state index is 0.131. The Labute approximate surface area is 111 Å². The summed E-state index contributed by atoms with van der Waals surface area (Å²) >= 11 is 0. The molecule has 1 rings (SSSR count). The topological polar surface area (TPSA) is 49.3 Å². The van der Waals surface area contributed by atoms with E-state index in [1.807, 2.05) is 6.92 Å². The van der Waals surface area contributed by atoms with Crippen LogP contribution in [-0.4, -0.2) is 23.7 Å². The predicted molar refractivity (Wildman–Crippen MR) is 74.2 cm³/mol. The first-order valence-corrected chi connectivity index (χ1v) is 7.44. The molecule has 2 N–H and O–H groups in total. The summed E-state index contributed by atoms with van der Waals surface area (Å²) in [6.07, 6.45) is 6.78. The first-order valence-electron chi connectivity index (χ1n) is 7.44. The zero-order valence-electron chi connectivity index (χ0n) is 12.1. The van der Waals surface area contributed by atoms with Crippen molar-refractivity contribution >= 4 is 5.91 Å². The molecule has 18 heavy (non-hydrogen) atoms.